The summed E-state index contributed by atoms with van der Waals surface area (Å²) in [5.74, 6) is -0.148. The molecule has 0 aliphatic carbocycles. The number of hydrogen-bond acceptors (Lipinski definition) is 4. The van der Waals surface area contributed by atoms with Crippen LogP contribution in [0, 0.1) is 0 Å². The quantitative estimate of drug-likeness (QED) is 0.648. The molecule has 0 atom stereocenters. The van der Waals surface area contributed by atoms with Gasteiger partial charge in [-0.25, -0.2) is 5.43 Å². The van der Waals surface area contributed by atoms with Gasteiger partial charge < -0.3 is 9.84 Å². The summed E-state index contributed by atoms with van der Waals surface area (Å²) in [7, 11) is 1.48. The lowest BCUT2D eigenvalue weighted by Gasteiger charge is -2.09. The van der Waals surface area contributed by atoms with Crippen LogP contribution in [0.2, 0.25) is 10.0 Å². The average molecular weight is 353 g/mol. The number of amides is 1. The Labute approximate surface area is 143 Å². The number of nitrogens with one attached hydrogen (secondary N) is 1. The van der Waals surface area contributed by atoms with Crippen molar-refractivity contribution in [3.8, 4) is 11.5 Å². The van der Waals surface area contributed by atoms with E-state index in [1.807, 2.05) is 0 Å². The molecule has 0 unspecified atom stereocenters. The highest BCUT2D eigenvalue weighted by Gasteiger charge is 2.13. The summed E-state index contributed by atoms with van der Waals surface area (Å²) in [6, 6.07) is 9.70. The Bertz CT molecular complexity index is 776. The molecule has 0 bridgehead atoms. The molecule has 0 heterocycles. The van der Waals surface area contributed by atoms with E-state index in [0.29, 0.717) is 27.6 Å². The number of aromatic hydroxyl groups is 1. The van der Waals surface area contributed by atoms with E-state index < -0.39 is 5.91 Å². The molecule has 2 aromatic carbocycles. The zero-order valence-electron chi connectivity index (χ0n) is 12.4. The van der Waals surface area contributed by atoms with Gasteiger partial charge in [0.05, 0.1) is 23.4 Å². The van der Waals surface area contributed by atoms with Crippen molar-refractivity contribution in [1.82, 2.24) is 5.43 Å². The van der Waals surface area contributed by atoms with Crippen LogP contribution in [0.25, 0.3) is 0 Å². The Morgan fingerprint density at radius 1 is 1.22 bits per heavy atom. The van der Waals surface area contributed by atoms with Gasteiger partial charge in [-0.15, -0.1) is 0 Å². The first-order valence-corrected chi connectivity index (χ1v) is 7.35. The van der Waals surface area contributed by atoms with Gasteiger partial charge in [0.1, 0.15) is 11.5 Å². The molecule has 0 aromatic heterocycles. The Morgan fingerprint density at radius 3 is 2.61 bits per heavy atom. The lowest BCUT2D eigenvalue weighted by molar-refractivity contribution is 0.0952. The number of benzene rings is 2. The number of carbonyl (C=O) groups excluding carboxylic acids is 1. The maximum atomic E-state index is 12.2. The Balaban J connectivity index is 2.24. The van der Waals surface area contributed by atoms with Crippen LogP contribution in [-0.2, 0) is 0 Å². The maximum Gasteiger partial charge on any atom is 0.275 e. The van der Waals surface area contributed by atoms with Crippen molar-refractivity contribution in [2.24, 2.45) is 5.10 Å². The smallest absolute Gasteiger partial charge is 0.275 e. The van der Waals surface area contributed by atoms with Crippen molar-refractivity contribution in [2.45, 2.75) is 6.92 Å². The maximum absolute atomic E-state index is 12.2. The second-order valence-corrected chi connectivity index (χ2v) is 5.47. The molecule has 120 valence electrons. The first-order valence-electron chi connectivity index (χ1n) is 6.60. The summed E-state index contributed by atoms with van der Waals surface area (Å²) in [5.41, 5.74) is 3.45. The molecule has 7 heteroatoms. The number of hydrazone groups is 1. The van der Waals surface area contributed by atoms with E-state index in [-0.39, 0.29) is 10.8 Å². The van der Waals surface area contributed by atoms with Crippen molar-refractivity contribution < 1.29 is 14.6 Å². The molecule has 0 fully saturated rings. The molecule has 23 heavy (non-hydrogen) atoms. The second kappa shape index (κ2) is 7.35. The van der Waals surface area contributed by atoms with Crippen molar-refractivity contribution >= 4 is 34.8 Å². The van der Waals surface area contributed by atoms with E-state index in [1.165, 1.54) is 19.2 Å². The van der Waals surface area contributed by atoms with Gasteiger partial charge >= 0.3 is 0 Å². The molecule has 5 nitrogen and oxygen atoms in total. The van der Waals surface area contributed by atoms with Crippen molar-refractivity contribution in [1.29, 1.82) is 0 Å². The van der Waals surface area contributed by atoms with Crippen molar-refractivity contribution in [3.05, 3.63) is 57.6 Å². The van der Waals surface area contributed by atoms with Crippen LogP contribution in [0.15, 0.2) is 41.5 Å². The zero-order valence-corrected chi connectivity index (χ0v) is 13.9. The number of para-hydroxylation sites is 1. The number of phenolic OH excluding ortho intramolecular Hbond substituents is 1. The number of ether oxygens (including phenoxy) is 1. The fraction of sp³-hybridized carbons (Fsp3) is 0.125. The van der Waals surface area contributed by atoms with Crippen LogP contribution >= 0.6 is 23.2 Å². The van der Waals surface area contributed by atoms with Gasteiger partial charge in [0, 0.05) is 10.6 Å². The number of halogens is 2. The van der Waals surface area contributed by atoms with Gasteiger partial charge in [-0.1, -0.05) is 35.3 Å². The highest BCUT2D eigenvalue weighted by atomic mass is 35.5. The summed E-state index contributed by atoms with van der Waals surface area (Å²) in [5, 5.41) is 14.4. The van der Waals surface area contributed by atoms with E-state index >= 15 is 0 Å². The molecule has 0 spiro atoms. The summed E-state index contributed by atoms with van der Waals surface area (Å²) >= 11 is 11.8. The van der Waals surface area contributed by atoms with Gasteiger partial charge in [-0.3, -0.25) is 4.79 Å². The molecular weight excluding hydrogens is 339 g/mol. The van der Waals surface area contributed by atoms with Crippen LogP contribution in [0.1, 0.15) is 22.8 Å². The number of nitrogens with zero attached hydrogens (tertiary/aromatic N) is 1. The topological polar surface area (TPSA) is 70.9 Å². The van der Waals surface area contributed by atoms with Crippen molar-refractivity contribution in [2.75, 3.05) is 7.11 Å². The fourth-order valence-corrected chi connectivity index (χ4v) is 2.42. The molecule has 2 rings (SSSR count). The molecule has 0 aliphatic heterocycles. The second-order valence-electron chi connectivity index (χ2n) is 4.62. The van der Waals surface area contributed by atoms with E-state index in [4.69, 9.17) is 27.9 Å². The highest BCUT2D eigenvalue weighted by molar-refractivity contribution is 6.36. The van der Waals surface area contributed by atoms with E-state index in [9.17, 15) is 9.90 Å². The molecule has 1 amide bonds. The molecule has 0 aliphatic rings. The Morgan fingerprint density at radius 2 is 1.91 bits per heavy atom. The van der Waals surface area contributed by atoms with Gasteiger partial charge in [0.15, 0.2) is 0 Å². The number of hydrogen-bond donors (Lipinski definition) is 2. The highest BCUT2D eigenvalue weighted by Crippen LogP contribution is 2.31. The van der Waals surface area contributed by atoms with E-state index in [0.717, 1.165) is 0 Å². The lowest BCUT2D eigenvalue weighted by atomic mass is 10.1. The van der Waals surface area contributed by atoms with Crippen LogP contribution < -0.4 is 10.2 Å². The van der Waals surface area contributed by atoms with Gasteiger partial charge in [0.2, 0.25) is 0 Å². The molecule has 0 saturated heterocycles. The average Bonchev–Trinajstić information content (AvgIpc) is 2.55. The third-order valence-corrected chi connectivity index (χ3v) is 3.60. The molecule has 2 N–H and O–H groups in total. The van der Waals surface area contributed by atoms with Crippen LogP contribution in [0.4, 0.5) is 0 Å². The third-order valence-electron chi connectivity index (χ3n) is 3.09. The van der Waals surface area contributed by atoms with Gasteiger partial charge in [-0.05, 0) is 31.2 Å². The van der Waals surface area contributed by atoms with Crippen LogP contribution in [-0.4, -0.2) is 23.8 Å². The zero-order chi connectivity index (χ0) is 17.0. The van der Waals surface area contributed by atoms with Crippen molar-refractivity contribution in [3.63, 3.8) is 0 Å². The number of rotatable bonds is 4. The number of carbonyl (C=O) groups is 1. The predicted octanol–water partition coefficient (Wildman–Crippen LogP) is 3.86. The van der Waals surface area contributed by atoms with Gasteiger partial charge in [0.25, 0.3) is 5.91 Å². The first-order chi connectivity index (χ1) is 10.9. The monoisotopic (exact) mass is 352 g/mol. The Kier molecular flexibility index (Phi) is 5.47. The molecule has 2 aromatic rings. The summed E-state index contributed by atoms with van der Waals surface area (Å²) in [6.45, 7) is 1.62. The fourth-order valence-electron chi connectivity index (χ4n) is 1.93. The van der Waals surface area contributed by atoms with Gasteiger partial charge in [-0.2, -0.15) is 5.10 Å². The summed E-state index contributed by atoms with van der Waals surface area (Å²) in [4.78, 5) is 12.2. The molecule has 0 radical (unpaired) electrons. The minimum absolute atomic E-state index is 0.109. The largest absolute Gasteiger partial charge is 0.506 e. The minimum atomic E-state index is -0.436. The van der Waals surface area contributed by atoms with Crippen LogP contribution in [0.5, 0.6) is 11.5 Å². The van der Waals surface area contributed by atoms with E-state index in [2.05, 4.69) is 10.5 Å². The standard InChI is InChI=1S/C16H14Cl2N2O3/c1-9(12-7-10(17)8-13(18)15(12)21)19-20-16(22)11-5-3-4-6-14(11)23-2/h3-8,21H,1-2H3,(H,20,22). The lowest BCUT2D eigenvalue weighted by Crippen LogP contribution is -2.20. The number of phenols is 1. The predicted molar refractivity (Wildman–Crippen MR) is 90.8 cm³/mol. The number of methoxy groups -OCH3 is 1. The normalized spacial score (nSPS) is 11.2. The first kappa shape index (κ1) is 17.1. The molecular formula is C16H14Cl2N2O3. The molecule has 0 saturated carbocycles. The SMILES string of the molecule is COc1ccccc1C(=O)NN=C(C)c1cc(Cl)cc(Cl)c1O. The van der Waals surface area contributed by atoms with Crippen LogP contribution in [0.3, 0.4) is 0 Å². The summed E-state index contributed by atoms with van der Waals surface area (Å²) in [6.07, 6.45) is 0. The summed E-state index contributed by atoms with van der Waals surface area (Å²) < 4.78 is 5.12. The third kappa shape index (κ3) is 3.94. The van der Waals surface area contributed by atoms with E-state index in [1.54, 1.807) is 31.2 Å². The minimum Gasteiger partial charge on any atom is -0.506 e. The Hall–Kier alpha value is -2.24.